The fraction of sp³-hybridized carbons (Fsp3) is 0.643. The summed E-state index contributed by atoms with van der Waals surface area (Å²) in [6, 6.07) is 0. The zero-order valence-electron chi connectivity index (χ0n) is 14.5. The molecule has 2 rings (SSSR count). The fourth-order valence-corrected chi connectivity index (χ4v) is 2.35. The van der Waals surface area contributed by atoms with Gasteiger partial charge in [0.25, 0.3) is 5.56 Å². The average Bonchev–Trinajstić information content (AvgIpc) is 2.94. The van der Waals surface area contributed by atoms with E-state index in [0.717, 1.165) is 7.05 Å². The molecule has 1 saturated heterocycles. The van der Waals surface area contributed by atoms with E-state index >= 15 is 0 Å². The van der Waals surface area contributed by atoms with Crippen molar-refractivity contribution in [3.63, 3.8) is 0 Å². The molecule has 0 aliphatic carbocycles. The highest BCUT2D eigenvalue weighted by Crippen LogP contribution is 2.28. The van der Waals surface area contributed by atoms with Gasteiger partial charge in [-0.25, -0.2) is 5.12 Å². The minimum absolute atomic E-state index is 0.0447. The Balaban J connectivity index is 2.26. The molecule has 0 bridgehead atoms. The van der Waals surface area contributed by atoms with Crippen LogP contribution in [0.2, 0.25) is 0 Å². The van der Waals surface area contributed by atoms with Gasteiger partial charge in [-0.05, 0) is 12.8 Å². The van der Waals surface area contributed by atoms with Crippen molar-refractivity contribution >= 4 is 23.4 Å². The number of ether oxygens (including phenoxy) is 1. The van der Waals surface area contributed by atoms with Crippen molar-refractivity contribution in [2.75, 3.05) is 22.8 Å². The Morgan fingerprint density at radius 1 is 1.42 bits per heavy atom. The molecule has 12 heteroatoms. The van der Waals surface area contributed by atoms with Gasteiger partial charge in [0, 0.05) is 13.0 Å². The van der Waals surface area contributed by atoms with Crippen LogP contribution in [0.15, 0.2) is 4.79 Å². The number of carbonyl (C=O) groups excluding carboxylic acids is 1. The number of aromatic amines is 1. The number of anilines is 3. The van der Waals surface area contributed by atoms with Gasteiger partial charge in [0.15, 0.2) is 11.5 Å². The lowest BCUT2D eigenvalue weighted by Gasteiger charge is -2.23. The maximum atomic E-state index is 13.7. The van der Waals surface area contributed by atoms with Gasteiger partial charge in [-0.3, -0.25) is 19.9 Å². The molecule has 6 N–H and O–H groups in total. The predicted octanol–water partition coefficient (Wildman–Crippen LogP) is -0.767. The molecule has 2 unspecified atom stereocenters. The van der Waals surface area contributed by atoms with Crippen molar-refractivity contribution < 1.29 is 29.3 Å². The zero-order chi connectivity index (χ0) is 19.6. The molecule has 1 fully saturated rings. The minimum atomic E-state index is -3.02. The Morgan fingerprint density at radius 3 is 2.58 bits per heavy atom. The quantitative estimate of drug-likeness (QED) is 0.277. The Hall–Kier alpha value is -2.28. The molecule has 1 aliphatic rings. The minimum Gasteiger partial charge on any atom is -0.347 e. The standard InChI is InChI=1S/C14H22FN5O6/c1-6(2)11(21)18-13-17-10(9(20(3)15)12(22)19-13)16-8-5-4-7(26-8)14(23,24)25/h6-8,23-25H,4-5H2,1-3H3,(H3,16,17,18,19,21,22). The number of amides is 1. The molecule has 1 amide bonds. The normalized spacial score (nSPS) is 20.3. The Labute approximate surface area is 147 Å². The van der Waals surface area contributed by atoms with Gasteiger partial charge >= 0.3 is 5.97 Å². The van der Waals surface area contributed by atoms with Crippen LogP contribution in [0.25, 0.3) is 0 Å². The number of hydrogen-bond acceptors (Lipinski definition) is 9. The summed E-state index contributed by atoms with van der Waals surface area (Å²) in [7, 11) is 0.988. The number of nitrogens with one attached hydrogen (secondary N) is 3. The van der Waals surface area contributed by atoms with Crippen molar-refractivity contribution in [3.8, 4) is 0 Å². The number of hydrogen-bond donors (Lipinski definition) is 6. The number of halogens is 1. The van der Waals surface area contributed by atoms with Gasteiger partial charge in [0.2, 0.25) is 11.9 Å². The van der Waals surface area contributed by atoms with Crippen LogP contribution < -0.4 is 21.3 Å². The summed E-state index contributed by atoms with van der Waals surface area (Å²) >= 11 is 0. The number of carbonyl (C=O) groups is 1. The summed E-state index contributed by atoms with van der Waals surface area (Å²) in [6.45, 7) is 3.29. The summed E-state index contributed by atoms with van der Waals surface area (Å²) < 4.78 is 18.9. The van der Waals surface area contributed by atoms with Crippen LogP contribution in [-0.2, 0) is 9.53 Å². The predicted molar refractivity (Wildman–Crippen MR) is 88.7 cm³/mol. The van der Waals surface area contributed by atoms with E-state index in [2.05, 4.69) is 20.6 Å². The Bertz CT molecular complexity index is 717. The van der Waals surface area contributed by atoms with Gasteiger partial charge in [-0.15, -0.1) is 0 Å². The number of aliphatic hydroxyl groups is 3. The van der Waals surface area contributed by atoms with Crippen LogP contribution in [0.1, 0.15) is 26.7 Å². The topological polar surface area (TPSA) is 160 Å². The zero-order valence-corrected chi connectivity index (χ0v) is 14.5. The molecule has 0 radical (unpaired) electrons. The van der Waals surface area contributed by atoms with Gasteiger partial charge in [0.05, 0.1) is 0 Å². The molecule has 26 heavy (non-hydrogen) atoms. The second-order valence-corrected chi connectivity index (χ2v) is 6.26. The monoisotopic (exact) mass is 375 g/mol. The Morgan fingerprint density at radius 2 is 2.08 bits per heavy atom. The third kappa shape index (κ3) is 4.66. The molecule has 2 heterocycles. The van der Waals surface area contributed by atoms with E-state index in [-0.39, 0.29) is 35.6 Å². The Kier molecular flexibility index (Phi) is 5.81. The lowest BCUT2D eigenvalue weighted by Crippen LogP contribution is -2.42. The molecule has 1 aliphatic heterocycles. The van der Waals surface area contributed by atoms with Crippen LogP contribution in [0.5, 0.6) is 0 Å². The van der Waals surface area contributed by atoms with Crippen molar-refractivity contribution in [2.24, 2.45) is 5.92 Å². The first-order chi connectivity index (χ1) is 12.0. The molecule has 2 atom stereocenters. The first-order valence-electron chi connectivity index (χ1n) is 7.92. The van der Waals surface area contributed by atoms with Gasteiger partial charge in [-0.1, -0.05) is 18.3 Å². The SMILES string of the molecule is CC(C)C(=O)Nc1nc(NC2CCC(C(O)(O)O)O2)c(N(C)F)c(=O)[nH]1. The van der Waals surface area contributed by atoms with E-state index < -0.39 is 35.5 Å². The highest BCUT2D eigenvalue weighted by atomic mass is 19.2. The average molecular weight is 375 g/mol. The second-order valence-electron chi connectivity index (χ2n) is 6.26. The molecule has 0 aromatic carbocycles. The van der Waals surface area contributed by atoms with E-state index in [1.54, 1.807) is 13.8 Å². The molecular formula is C14H22FN5O6. The lowest BCUT2D eigenvalue weighted by atomic mass is 10.2. The lowest BCUT2D eigenvalue weighted by molar-refractivity contribution is -0.357. The molecule has 146 valence electrons. The highest BCUT2D eigenvalue weighted by molar-refractivity contribution is 5.90. The first-order valence-corrected chi connectivity index (χ1v) is 7.92. The molecule has 0 spiro atoms. The summed E-state index contributed by atoms with van der Waals surface area (Å²) in [5.41, 5.74) is -1.30. The maximum Gasteiger partial charge on any atom is 0.303 e. The van der Waals surface area contributed by atoms with Crippen LogP contribution in [0.4, 0.5) is 21.9 Å². The number of aromatic nitrogens is 2. The third-order valence-electron chi connectivity index (χ3n) is 3.72. The van der Waals surface area contributed by atoms with E-state index in [1.165, 1.54) is 0 Å². The van der Waals surface area contributed by atoms with Crippen molar-refractivity contribution in [3.05, 3.63) is 10.4 Å². The van der Waals surface area contributed by atoms with Crippen molar-refractivity contribution in [2.45, 2.75) is 45.0 Å². The molecule has 11 nitrogen and oxygen atoms in total. The van der Waals surface area contributed by atoms with E-state index in [0.29, 0.717) is 0 Å². The smallest absolute Gasteiger partial charge is 0.303 e. The summed E-state index contributed by atoms with van der Waals surface area (Å²) in [6.07, 6.45) is -1.82. The van der Waals surface area contributed by atoms with Crippen LogP contribution in [0, 0.1) is 5.92 Å². The van der Waals surface area contributed by atoms with Gasteiger partial charge in [-0.2, -0.15) is 4.98 Å². The molecule has 1 aromatic heterocycles. The van der Waals surface area contributed by atoms with Crippen LogP contribution >= 0.6 is 0 Å². The molecule has 0 saturated carbocycles. The number of nitrogens with zero attached hydrogens (tertiary/aromatic N) is 2. The highest BCUT2D eigenvalue weighted by Gasteiger charge is 2.40. The van der Waals surface area contributed by atoms with Crippen molar-refractivity contribution in [1.29, 1.82) is 0 Å². The van der Waals surface area contributed by atoms with E-state index in [1.807, 2.05) is 0 Å². The maximum absolute atomic E-state index is 13.7. The van der Waals surface area contributed by atoms with E-state index in [4.69, 9.17) is 20.1 Å². The summed E-state index contributed by atoms with van der Waals surface area (Å²) in [5.74, 6) is -4.19. The van der Waals surface area contributed by atoms with Crippen LogP contribution in [-0.4, -0.2) is 56.5 Å². The number of rotatable bonds is 6. The fourth-order valence-electron chi connectivity index (χ4n) is 2.35. The third-order valence-corrected chi connectivity index (χ3v) is 3.72. The van der Waals surface area contributed by atoms with Gasteiger partial charge in [0.1, 0.15) is 12.3 Å². The number of H-pyrrole nitrogens is 1. The summed E-state index contributed by atoms with van der Waals surface area (Å²) in [5, 5.41) is 32.6. The molecular weight excluding hydrogens is 353 g/mol. The summed E-state index contributed by atoms with van der Waals surface area (Å²) in [4.78, 5) is 30.1. The molecule has 1 aromatic rings. The van der Waals surface area contributed by atoms with Crippen LogP contribution in [0.3, 0.4) is 0 Å². The second kappa shape index (κ2) is 7.53. The van der Waals surface area contributed by atoms with Gasteiger partial charge < -0.3 is 25.4 Å². The van der Waals surface area contributed by atoms with Crippen molar-refractivity contribution in [1.82, 2.24) is 9.97 Å². The first kappa shape index (κ1) is 20.0. The van der Waals surface area contributed by atoms with E-state index in [9.17, 15) is 14.1 Å². The largest absolute Gasteiger partial charge is 0.347 e.